The lowest BCUT2D eigenvalue weighted by molar-refractivity contribution is -0.173. The van der Waals surface area contributed by atoms with Crippen LogP contribution in [0.2, 0.25) is 0 Å². The van der Waals surface area contributed by atoms with Crippen LogP contribution in [0.5, 0.6) is 0 Å². The summed E-state index contributed by atoms with van der Waals surface area (Å²) in [6.07, 6.45) is 0.211. The Morgan fingerprint density at radius 1 is 1.06 bits per heavy atom. The van der Waals surface area contributed by atoms with Crippen molar-refractivity contribution in [2.45, 2.75) is 63.9 Å². The molecule has 4 heteroatoms. The average Bonchev–Trinajstić information content (AvgIpc) is 2.29. The van der Waals surface area contributed by atoms with Crippen LogP contribution in [0, 0.1) is 5.92 Å². The number of rotatable bonds is 5. The van der Waals surface area contributed by atoms with Crippen LogP contribution in [0.4, 0.5) is 0 Å². The van der Waals surface area contributed by atoms with Gasteiger partial charge in [0.25, 0.3) is 0 Å². The van der Waals surface area contributed by atoms with Gasteiger partial charge in [0.15, 0.2) is 0 Å². The van der Waals surface area contributed by atoms with E-state index in [9.17, 15) is 15.3 Å². The second-order valence-electron chi connectivity index (χ2n) is 4.64. The first-order valence-corrected chi connectivity index (χ1v) is 6.27. The number of aliphatic hydroxyl groups excluding tert-OH is 3. The highest BCUT2D eigenvalue weighted by Gasteiger charge is 2.42. The average molecular weight is 232 g/mol. The van der Waals surface area contributed by atoms with Crippen molar-refractivity contribution >= 4 is 0 Å². The smallest absolute Gasteiger partial charge is 0.109 e. The van der Waals surface area contributed by atoms with E-state index in [0.29, 0.717) is 13.0 Å². The molecule has 0 unspecified atom stereocenters. The topological polar surface area (TPSA) is 69.9 Å². The van der Waals surface area contributed by atoms with E-state index < -0.39 is 18.3 Å². The van der Waals surface area contributed by atoms with Crippen molar-refractivity contribution in [3.8, 4) is 0 Å². The van der Waals surface area contributed by atoms with Crippen molar-refractivity contribution in [3.05, 3.63) is 0 Å². The van der Waals surface area contributed by atoms with Crippen LogP contribution >= 0.6 is 0 Å². The Kier molecular flexibility index (Phi) is 5.69. The molecule has 5 atom stereocenters. The Labute approximate surface area is 97.2 Å². The Morgan fingerprint density at radius 3 is 2.31 bits per heavy atom. The van der Waals surface area contributed by atoms with Gasteiger partial charge in [-0.3, -0.25) is 0 Å². The minimum atomic E-state index is -1.08. The Hall–Kier alpha value is -0.160. The first-order valence-electron chi connectivity index (χ1n) is 6.27. The van der Waals surface area contributed by atoms with Gasteiger partial charge in [0.1, 0.15) is 12.2 Å². The number of aliphatic hydroxyl groups is 3. The van der Waals surface area contributed by atoms with Crippen molar-refractivity contribution in [2.24, 2.45) is 5.92 Å². The van der Waals surface area contributed by atoms with Gasteiger partial charge < -0.3 is 20.1 Å². The minimum absolute atomic E-state index is 0.0185. The molecule has 0 spiro atoms. The normalized spacial score (nSPS) is 39.9. The molecule has 96 valence electrons. The van der Waals surface area contributed by atoms with Crippen LogP contribution in [0.15, 0.2) is 0 Å². The molecule has 1 fully saturated rings. The summed E-state index contributed by atoms with van der Waals surface area (Å²) in [5, 5.41) is 29.2. The molecule has 0 bridgehead atoms. The molecule has 0 radical (unpaired) electrons. The van der Waals surface area contributed by atoms with Gasteiger partial charge in [-0.05, 0) is 18.8 Å². The molecule has 0 aromatic carbocycles. The van der Waals surface area contributed by atoms with Gasteiger partial charge in [-0.2, -0.15) is 0 Å². The molecule has 1 aliphatic carbocycles. The third-order valence-corrected chi connectivity index (χ3v) is 3.45. The zero-order valence-corrected chi connectivity index (χ0v) is 10.2. The second-order valence-corrected chi connectivity index (χ2v) is 4.64. The van der Waals surface area contributed by atoms with Gasteiger partial charge in [-0.1, -0.05) is 26.7 Å². The van der Waals surface area contributed by atoms with Crippen molar-refractivity contribution < 1.29 is 20.1 Å². The third kappa shape index (κ3) is 3.17. The van der Waals surface area contributed by atoms with E-state index in [-0.39, 0.29) is 12.0 Å². The zero-order valence-electron chi connectivity index (χ0n) is 10.2. The zero-order chi connectivity index (χ0) is 12.1. The van der Waals surface area contributed by atoms with Crippen molar-refractivity contribution in [1.82, 2.24) is 0 Å². The Morgan fingerprint density at radius 2 is 1.75 bits per heavy atom. The molecule has 1 saturated carbocycles. The van der Waals surface area contributed by atoms with E-state index in [0.717, 1.165) is 19.3 Å². The summed E-state index contributed by atoms with van der Waals surface area (Å²) in [4.78, 5) is 0. The fourth-order valence-electron chi connectivity index (χ4n) is 2.23. The largest absolute Gasteiger partial charge is 0.390 e. The first kappa shape index (κ1) is 13.9. The lowest BCUT2D eigenvalue weighted by atomic mass is 9.79. The van der Waals surface area contributed by atoms with Crippen molar-refractivity contribution in [1.29, 1.82) is 0 Å². The summed E-state index contributed by atoms with van der Waals surface area (Å²) in [5.41, 5.74) is 0. The monoisotopic (exact) mass is 232 g/mol. The van der Waals surface area contributed by atoms with E-state index in [2.05, 4.69) is 6.92 Å². The van der Waals surface area contributed by atoms with Crippen LogP contribution < -0.4 is 0 Å². The van der Waals surface area contributed by atoms with E-state index in [1.54, 1.807) is 0 Å². The molecular weight excluding hydrogens is 208 g/mol. The third-order valence-electron chi connectivity index (χ3n) is 3.45. The molecule has 1 aliphatic rings. The summed E-state index contributed by atoms with van der Waals surface area (Å²) in [7, 11) is 0. The summed E-state index contributed by atoms with van der Waals surface area (Å²) in [6, 6.07) is 0. The van der Waals surface area contributed by atoms with Gasteiger partial charge >= 0.3 is 0 Å². The molecule has 0 aromatic rings. The fourth-order valence-corrected chi connectivity index (χ4v) is 2.23. The van der Waals surface area contributed by atoms with Crippen molar-refractivity contribution in [3.63, 3.8) is 0 Å². The molecule has 0 heterocycles. The number of ether oxygens (including phenoxy) is 1. The molecule has 3 N–H and O–H groups in total. The number of unbranched alkanes of at least 4 members (excludes halogenated alkanes) is 1. The molecule has 0 saturated heterocycles. The maximum Gasteiger partial charge on any atom is 0.109 e. The number of hydrogen-bond donors (Lipinski definition) is 3. The lowest BCUT2D eigenvalue weighted by Crippen LogP contribution is -2.54. The predicted molar refractivity (Wildman–Crippen MR) is 61.1 cm³/mol. The predicted octanol–water partition coefficient (Wildman–Crippen LogP) is 0.684. The second kappa shape index (κ2) is 6.55. The molecule has 0 amide bonds. The summed E-state index contributed by atoms with van der Waals surface area (Å²) >= 11 is 0. The van der Waals surface area contributed by atoms with Gasteiger partial charge in [-0.15, -0.1) is 0 Å². The molecule has 0 aromatic heterocycles. The fraction of sp³-hybridized carbons (Fsp3) is 1.00. The highest BCUT2D eigenvalue weighted by Crippen LogP contribution is 2.29. The molecule has 16 heavy (non-hydrogen) atoms. The Bertz CT molecular complexity index is 195. The molecule has 4 nitrogen and oxygen atoms in total. The molecular formula is C12H24O4. The highest BCUT2D eigenvalue weighted by atomic mass is 16.5. The maximum atomic E-state index is 9.79. The van der Waals surface area contributed by atoms with Crippen LogP contribution in [-0.2, 0) is 4.74 Å². The van der Waals surface area contributed by atoms with Gasteiger partial charge in [0, 0.05) is 6.61 Å². The molecule has 0 aliphatic heterocycles. The van der Waals surface area contributed by atoms with Gasteiger partial charge in [0.2, 0.25) is 0 Å². The first-order chi connectivity index (χ1) is 7.61. The summed E-state index contributed by atoms with van der Waals surface area (Å²) < 4.78 is 5.57. The SMILES string of the molecule is CCCCO[C@@H]1C[C@H](CC)[C@@H](O)[C@H](O)[C@H]1O. The van der Waals surface area contributed by atoms with Crippen LogP contribution in [0.1, 0.15) is 39.5 Å². The van der Waals surface area contributed by atoms with Crippen LogP contribution in [0.25, 0.3) is 0 Å². The van der Waals surface area contributed by atoms with Crippen molar-refractivity contribution in [2.75, 3.05) is 6.61 Å². The standard InChI is InChI=1S/C12H24O4/c1-3-5-6-16-9-7-8(4-2)10(13)12(15)11(9)14/h8-15H,3-7H2,1-2H3/t8-,9+,10+,11-,12-/m0/s1. The van der Waals surface area contributed by atoms with E-state index in [1.807, 2.05) is 6.92 Å². The van der Waals surface area contributed by atoms with Crippen LogP contribution in [0.3, 0.4) is 0 Å². The Balaban J connectivity index is 2.50. The minimum Gasteiger partial charge on any atom is -0.390 e. The summed E-state index contributed by atoms with van der Waals surface area (Å²) in [6.45, 7) is 4.66. The quantitative estimate of drug-likeness (QED) is 0.610. The van der Waals surface area contributed by atoms with E-state index in [1.165, 1.54) is 0 Å². The van der Waals surface area contributed by atoms with Crippen LogP contribution in [-0.4, -0.2) is 46.3 Å². The van der Waals surface area contributed by atoms with Gasteiger partial charge in [-0.25, -0.2) is 0 Å². The molecule has 1 rings (SSSR count). The van der Waals surface area contributed by atoms with Gasteiger partial charge in [0.05, 0.1) is 12.2 Å². The summed E-state index contributed by atoms with van der Waals surface area (Å²) in [5.74, 6) is 0.0185. The highest BCUT2D eigenvalue weighted by molar-refractivity contribution is 4.92. The van der Waals surface area contributed by atoms with E-state index in [4.69, 9.17) is 4.74 Å². The maximum absolute atomic E-state index is 9.79. The number of hydrogen-bond acceptors (Lipinski definition) is 4. The lowest BCUT2D eigenvalue weighted by Gasteiger charge is -2.40. The van der Waals surface area contributed by atoms with E-state index >= 15 is 0 Å².